The Morgan fingerprint density at radius 2 is 1.54 bits per heavy atom. The van der Waals surface area contributed by atoms with Crippen molar-refractivity contribution in [3.05, 3.63) is 125 Å². The highest BCUT2D eigenvalue weighted by Crippen LogP contribution is 2.50. The summed E-state index contributed by atoms with van der Waals surface area (Å²) in [6, 6.07) is 18.1. The largest absolute Gasteiger partial charge is 0.344 e. The van der Waals surface area contributed by atoms with E-state index in [1.54, 1.807) is 0 Å². The fourth-order valence-electron chi connectivity index (χ4n) is 7.23. The van der Waals surface area contributed by atoms with Crippen LogP contribution in [-0.4, -0.2) is 13.1 Å². The first-order valence-corrected chi connectivity index (χ1v) is 18.5. The molecule has 0 aliphatic carbocycles. The van der Waals surface area contributed by atoms with E-state index in [1.807, 2.05) is 0 Å². The van der Waals surface area contributed by atoms with E-state index < -0.39 is 0 Å². The lowest BCUT2D eigenvalue weighted by Crippen LogP contribution is -2.78. The summed E-state index contributed by atoms with van der Waals surface area (Å²) >= 11 is 0. The molecule has 0 fully saturated rings. The summed E-state index contributed by atoms with van der Waals surface area (Å²) in [6.45, 7) is 25.5. The SMILES string of the molecule is CC/C=C\c1c(C)ccc2c1C(C)(C)\C(=C/C=C/C=C/C=C/CC(C)(C)c1c([NH2+]CCC(C)C)ccc3ccccc13)N2CCC(C)C. The van der Waals surface area contributed by atoms with Gasteiger partial charge in [-0.3, -0.25) is 0 Å². The van der Waals surface area contributed by atoms with Crippen LogP contribution in [-0.2, 0) is 10.8 Å². The number of quaternary nitrogens is 1. The van der Waals surface area contributed by atoms with E-state index in [4.69, 9.17) is 0 Å². The molecule has 0 amide bonds. The molecule has 3 aromatic rings. The first-order chi connectivity index (χ1) is 22.9. The third kappa shape index (κ3) is 8.88. The number of fused-ring (bicyclic) bond motifs is 2. The minimum absolute atomic E-state index is 0.0150. The standard InChI is InChI=1S/C46H62N2/c1-11-12-22-38-36(6)25-28-41-44(38)46(9,10)42(48(41)33-30-35(4)5)24-17-15-13-14-16-20-31-45(7,8)43-39-23-19-18-21-37(39)26-27-40(43)47-32-29-34(2)3/h12-28,34-35,47H,11,29-33H2,1-10H3/p+1/b14-13+,17-15+,20-16+,22-12-,42-24+. The lowest BCUT2D eigenvalue weighted by Gasteiger charge is -2.27. The Balaban J connectivity index is 1.52. The lowest BCUT2D eigenvalue weighted by atomic mass is 9.78. The monoisotopic (exact) mass is 643 g/mol. The van der Waals surface area contributed by atoms with Gasteiger partial charge in [-0.2, -0.15) is 0 Å². The number of hydrogen-bond acceptors (Lipinski definition) is 1. The molecule has 0 unspecified atom stereocenters. The van der Waals surface area contributed by atoms with Crippen molar-refractivity contribution >= 4 is 28.2 Å². The predicted molar refractivity (Wildman–Crippen MR) is 213 cm³/mol. The van der Waals surface area contributed by atoms with Crippen LogP contribution in [0.1, 0.15) is 110 Å². The van der Waals surface area contributed by atoms with Gasteiger partial charge in [0.2, 0.25) is 0 Å². The van der Waals surface area contributed by atoms with Crippen LogP contribution in [0.25, 0.3) is 16.8 Å². The molecule has 48 heavy (non-hydrogen) atoms. The summed E-state index contributed by atoms with van der Waals surface area (Å²) in [5.74, 6) is 1.38. The fourth-order valence-corrected chi connectivity index (χ4v) is 7.23. The van der Waals surface area contributed by atoms with Crippen molar-refractivity contribution in [1.82, 2.24) is 0 Å². The minimum atomic E-state index is -0.0715. The van der Waals surface area contributed by atoms with Gasteiger partial charge in [0.15, 0.2) is 0 Å². The number of allylic oxidation sites excluding steroid dienone is 9. The van der Waals surface area contributed by atoms with Crippen molar-refractivity contribution < 1.29 is 5.32 Å². The van der Waals surface area contributed by atoms with Gasteiger partial charge in [-0.05, 0) is 102 Å². The van der Waals surface area contributed by atoms with Gasteiger partial charge in [-0.25, -0.2) is 0 Å². The van der Waals surface area contributed by atoms with Crippen molar-refractivity contribution in [2.24, 2.45) is 11.8 Å². The maximum atomic E-state index is 2.58. The zero-order valence-corrected chi connectivity index (χ0v) is 31.7. The van der Waals surface area contributed by atoms with E-state index in [1.165, 1.54) is 62.9 Å². The molecule has 1 heterocycles. The highest BCUT2D eigenvalue weighted by atomic mass is 15.2. The molecule has 2 heteroatoms. The summed E-state index contributed by atoms with van der Waals surface area (Å²) < 4.78 is 0. The van der Waals surface area contributed by atoms with Crippen molar-refractivity contribution in [2.75, 3.05) is 18.0 Å². The number of rotatable bonds is 15. The number of benzene rings is 3. The molecule has 256 valence electrons. The predicted octanol–water partition coefficient (Wildman–Crippen LogP) is 11.9. The van der Waals surface area contributed by atoms with Gasteiger partial charge in [-0.1, -0.05) is 141 Å². The molecule has 0 aromatic heterocycles. The van der Waals surface area contributed by atoms with Crippen LogP contribution in [0.3, 0.4) is 0 Å². The van der Waals surface area contributed by atoms with Crippen molar-refractivity contribution in [2.45, 2.75) is 106 Å². The van der Waals surface area contributed by atoms with Crippen LogP contribution >= 0.6 is 0 Å². The topological polar surface area (TPSA) is 19.9 Å². The van der Waals surface area contributed by atoms with Gasteiger partial charge in [0, 0.05) is 28.9 Å². The molecule has 0 spiro atoms. The molecule has 3 aromatic carbocycles. The number of anilines is 1. The van der Waals surface area contributed by atoms with Gasteiger partial charge in [0.05, 0.1) is 6.54 Å². The number of nitrogens with two attached hydrogens (primary N) is 1. The Labute approximate surface area is 293 Å². The Kier molecular flexibility index (Phi) is 12.9. The molecular weight excluding hydrogens is 581 g/mol. The summed E-state index contributed by atoms with van der Waals surface area (Å²) in [5.41, 5.74) is 9.76. The second-order valence-corrected chi connectivity index (χ2v) is 15.7. The normalized spacial score (nSPS) is 16.1. The molecule has 2 nitrogen and oxygen atoms in total. The first kappa shape index (κ1) is 37.2. The molecule has 0 saturated heterocycles. The maximum Gasteiger partial charge on any atom is 0.133 e. The Hall–Kier alpha value is -3.62. The van der Waals surface area contributed by atoms with Gasteiger partial charge >= 0.3 is 0 Å². The molecule has 2 N–H and O–H groups in total. The van der Waals surface area contributed by atoms with Crippen molar-refractivity contribution in [1.29, 1.82) is 0 Å². The van der Waals surface area contributed by atoms with Gasteiger partial charge in [0.25, 0.3) is 0 Å². The highest BCUT2D eigenvalue weighted by Gasteiger charge is 2.41. The molecular formula is C46H63N2+. The van der Waals surface area contributed by atoms with E-state index in [9.17, 15) is 0 Å². The van der Waals surface area contributed by atoms with E-state index in [0.717, 1.165) is 25.9 Å². The van der Waals surface area contributed by atoms with Gasteiger partial charge in [-0.15, -0.1) is 0 Å². The Bertz CT molecular complexity index is 1670. The van der Waals surface area contributed by atoms with Crippen LogP contribution in [0.2, 0.25) is 0 Å². The highest BCUT2D eigenvalue weighted by molar-refractivity contribution is 5.89. The van der Waals surface area contributed by atoms with Gasteiger partial charge in [0.1, 0.15) is 5.69 Å². The fraction of sp³-hybridized carbons (Fsp3) is 0.435. The Morgan fingerprint density at radius 1 is 0.833 bits per heavy atom. The van der Waals surface area contributed by atoms with E-state index >= 15 is 0 Å². The van der Waals surface area contributed by atoms with Crippen molar-refractivity contribution in [3.63, 3.8) is 0 Å². The van der Waals surface area contributed by atoms with Crippen LogP contribution in [0.4, 0.5) is 11.4 Å². The number of aryl methyl sites for hydroxylation is 1. The first-order valence-electron chi connectivity index (χ1n) is 18.5. The molecule has 0 bridgehead atoms. The molecule has 0 radical (unpaired) electrons. The van der Waals surface area contributed by atoms with E-state index in [0.29, 0.717) is 11.8 Å². The summed E-state index contributed by atoms with van der Waals surface area (Å²) in [6.07, 6.45) is 24.7. The van der Waals surface area contributed by atoms with E-state index in [-0.39, 0.29) is 10.8 Å². The second-order valence-electron chi connectivity index (χ2n) is 15.7. The third-order valence-electron chi connectivity index (χ3n) is 9.95. The zero-order valence-electron chi connectivity index (χ0n) is 31.7. The molecule has 1 aliphatic heterocycles. The Morgan fingerprint density at radius 3 is 2.27 bits per heavy atom. The quantitative estimate of drug-likeness (QED) is 0.129. The third-order valence-corrected chi connectivity index (χ3v) is 9.95. The molecule has 0 atom stereocenters. The summed E-state index contributed by atoms with van der Waals surface area (Å²) in [7, 11) is 0. The maximum absolute atomic E-state index is 2.58. The van der Waals surface area contributed by atoms with Gasteiger partial charge < -0.3 is 10.2 Å². The molecule has 1 aliphatic rings. The average Bonchev–Trinajstić information content (AvgIpc) is 3.25. The van der Waals surface area contributed by atoms with Crippen LogP contribution < -0.4 is 10.2 Å². The van der Waals surface area contributed by atoms with E-state index in [2.05, 4.69) is 183 Å². The van der Waals surface area contributed by atoms with Crippen LogP contribution in [0, 0.1) is 18.8 Å². The number of nitrogens with zero attached hydrogens (tertiary/aromatic N) is 1. The molecule has 0 saturated carbocycles. The average molecular weight is 644 g/mol. The van der Waals surface area contributed by atoms with Crippen LogP contribution in [0.5, 0.6) is 0 Å². The molecule has 4 rings (SSSR count). The second kappa shape index (κ2) is 16.7. The summed E-state index contributed by atoms with van der Waals surface area (Å²) in [4.78, 5) is 2.58. The lowest BCUT2D eigenvalue weighted by molar-refractivity contribution is -0.573. The summed E-state index contributed by atoms with van der Waals surface area (Å²) in [5, 5.41) is 5.17. The van der Waals surface area contributed by atoms with Crippen LogP contribution in [0.15, 0.2) is 103 Å². The zero-order chi connectivity index (χ0) is 34.9. The number of hydrogen-bond donors (Lipinski definition) is 1. The van der Waals surface area contributed by atoms with Crippen molar-refractivity contribution in [3.8, 4) is 0 Å². The smallest absolute Gasteiger partial charge is 0.133 e. The minimum Gasteiger partial charge on any atom is -0.344 e.